The monoisotopic (exact) mass is 221 g/mol. The van der Waals surface area contributed by atoms with E-state index in [2.05, 4.69) is 6.92 Å². The number of unbranched alkanes of at least 4 members (excludes halogenated alkanes) is 2. The summed E-state index contributed by atoms with van der Waals surface area (Å²) in [5.41, 5.74) is 5.49. The highest BCUT2D eigenvalue weighted by Gasteiger charge is 2.37. The zero-order valence-electron chi connectivity index (χ0n) is 9.54. The number of rotatable bonds is 9. The van der Waals surface area contributed by atoms with Crippen molar-refractivity contribution >= 4 is 8.80 Å². The normalized spacial score (nSPS) is 12.0. The van der Waals surface area contributed by atoms with Crippen LogP contribution in [0.15, 0.2) is 0 Å². The smallest absolute Gasteiger partial charge is 0.377 e. The van der Waals surface area contributed by atoms with Gasteiger partial charge in [0.15, 0.2) is 0 Å². The van der Waals surface area contributed by atoms with E-state index >= 15 is 0 Å². The lowest BCUT2D eigenvalue weighted by molar-refractivity contribution is 0.0971. The molecule has 0 aliphatic heterocycles. The van der Waals surface area contributed by atoms with Crippen molar-refractivity contribution in [2.45, 2.75) is 32.2 Å². The van der Waals surface area contributed by atoms with E-state index in [1.807, 2.05) is 0 Å². The Morgan fingerprint density at radius 3 is 2.21 bits per heavy atom. The summed E-state index contributed by atoms with van der Waals surface area (Å²) in [6, 6.07) is 0.687. The van der Waals surface area contributed by atoms with E-state index in [0.717, 1.165) is 6.42 Å². The van der Waals surface area contributed by atoms with Crippen LogP contribution < -0.4 is 5.73 Å². The minimum Gasteiger partial charge on any atom is -0.377 e. The van der Waals surface area contributed by atoms with Gasteiger partial charge in [-0.15, -0.1) is 0 Å². The van der Waals surface area contributed by atoms with Crippen LogP contribution in [0.2, 0.25) is 6.04 Å². The van der Waals surface area contributed by atoms with Crippen LogP contribution in [-0.4, -0.2) is 36.2 Å². The summed E-state index contributed by atoms with van der Waals surface area (Å²) < 4.78 is 16.3. The van der Waals surface area contributed by atoms with Crippen LogP contribution in [0.5, 0.6) is 0 Å². The van der Waals surface area contributed by atoms with Crippen LogP contribution in [-0.2, 0) is 13.3 Å². The summed E-state index contributed by atoms with van der Waals surface area (Å²) in [5.74, 6) is 0. The fourth-order valence-corrected chi connectivity index (χ4v) is 3.00. The van der Waals surface area contributed by atoms with Crippen molar-refractivity contribution in [2.75, 3.05) is 27.4 Å². The van der Waals surface area contributed by atoms with Gasteiger partial charge in [-0.25, -0.2) is 0 Å². The number of hydrogen-bond donors (Lipinski definition) is 1. The Kier molecular flexibility index (Phi) is 8.41. The first-order valence-electron chi connectivity index (χ1n) is 5.19. The molecule has 0 aliphatic rings. The van der Waals surface area contributed by atoms with Crippen LogP contribution in [0.4, 0.5) is 0 Å². The SMILES string of the molecule is CCCCCO[Si](CCN)(OC)OC. The van der Waals surface area contributed by atoms with E-state index < -0.39 is 8.80 Å². The molecule has 0 radical (unpaired) electrons. The van der Waals surface area contributed by atoms with Crippen molar-refractivity contribution in [3.05, 3.63) is 0 Å². The quantitative estimate of drug-likeness (QED) is 0.472. The van der Waals surface area contributed by atoms with Crippen molar-refractivity contribution in [1.29, 1.82) is 0 Å². The molecule has 0 rings (SSSR count). The highest BCUT2D eigenvalue weighted by atomic mass is 28.4. The zero-order chi connectivity index (χ0) is 10.9. The van der Waals surface area contributed by atoms with Gasteiger partial charge in [-0.05, 0) is 13.0 Å². The maximum Gasteiger partial charge on any atom is 0.501 e. The Balaban J connectivity index is 3.82. The lowest BCUT2D eigenvalue weighted by Gasteiger charge is -2.25. The molecule has 0 aromatic heterocycles. The molecule has 0 bridgehead atoms. The molecule has 0 unspecified atom stereocenters. The van der Waals surface area contributed by atoms with Gasteiger partial charge in [0, 0.05) is 26.9 Å². The summed E-state index contributed by atoms with van der Waals surface area (Å²) in [6.07, 6.45) is 3.43. The van der Waals surface area contributed by atoms with E-state index in [-0.39, 0.29) is 0 Å². The van der Waals surface area contributed by atoms with Gasteiger partial charge in [0.25, 0.3) is 0 Å². The molecule has 0 fully saturated rings. The van der Waals surface area contributed by atoms with Crippen LogP contribution in [0.1, 0.15) is 26.2 Å². The molecule has 4 nitrogen and oxygen atoms in total. The van der Waals surface area contributed by atoms with Crippen molar-refractivity contribution in [3.63, 3.8) is 0 Å². The first-order chi connectivity index (χ1) is 6.74. The Hall–Kier alpha value is 0.0569. The Morgan fingerprint density at radius 2 is 1.79 bits per heavy atom. The molecule has 5 heteroatoms. The molecule has 0 heterocycles. The van der Waals surface area contributed by atoms with Gasteiger partial charge in [0.2, 0.25) is 0 Å². The standard InChI is InChI=1S/C9H23NO3Si/c1-4-5-6-8-13-14(11-2,12-3)9-7-10/h4-10H2,1-3H3. The maximum atomic E-state index is 5.68. The van der Waals surface area contributed by atoms with Gasteiger partial charge >= 0.3 is 8.80 Å². The Morgan fingerprint density at radius 1 is 1.14 bits per heavy atom. The minimum absolute atomic E-state index is 0.543. The second-order valence-electron chi connectivity index (χ2n) is 3.19. The average molecular weight is 221 g/mol. The molecule has 0 atom stereocenters. The molecule has 86 valence electrons. The average Bonchev–Trinajstić information content (AvgIpc) is 2.23. The molecular formula is C9H23NO3Si. The highest BCUT2D eigenvalue weighted by molar-refractivity contribution is 6.60. The van der Waals surface area contributed by atoms with E-state index in [4.69, 9.17) is 19.0 Å². The van der Waals surface area contributed by atoms with Gasteiger partial charge < -0.3 is 19.0 Å². The summed E-state index contributed by atoms with van der Waals surface area (Å²) in [6.45, 7) is 3.42. The van der Waals surface area contributed by atoms with Gasteiger partial charge in [-0.2, -0.15) is 0 Å². The van der Waals surface area contributed by atoms with Crippen LogP contribution in [0.25, 0.3) is 0 Å². The van der Waals surface area contributed by atoms with Crippen LogP contribution >= 0.6 is 0 Å². The van der Waals surface area contributed by atoms with Crippen molar-refractivity contribution in [1.82, 2.24) is 0 Å². The lowest BCUT2D eigenvalue weighted by atomic mass is 10.3. The van der Waals surface area contributed by atoms with Crippen LogP contribution in [0.3, 0.4) is 0 Å². The second kappa shape index (κ2) is 8.37. The van der Waals surface area contributed by atoms with Crippen molar-refractivity contribution in [2.24, 2.45) is 5.73 Å². The molecule has 0 aliphatic carbocycles. The molecule has 14 heavy (non-hydrogen) atoms. The van der Waals surface area contributed by atoms with Gasteiger partial charge in [-0.3, -0.25) is 0 Å². The van der Waals surface area contributed by atoms with Crippen molar-refractivity contribution < 1.29 is 13.3 Å². The van der Waals surface area contributed by atoms with E-state index in [1.165, 1.54) is 12.8 Å². The fourth-order valence-electron chi connectivity index (χ4n) is 1.23. The molecule has 0 saturated heterocycles. The summed E-state index contributed by atoms with van der Waals surface area (Å²) in [5, 5.41) is 0. The van der Waals surface area contributed by atoms with Crippen molar-refractivity contribution in [3.8, 4) is 0 Å². The first kappa shape index (κ1) is 14.1. The second-order valence-corrected chi connectivity index (χ2v) is 6.16. The summed E-state index contributed by atoms with van der Waals surface area (Å²) in [7, 11) is 0.842. The largest absolute Gasteiger partial charge is 0.501 e. The maximum absolute atomic E-state index is 5.68. The van der Waals surface area contributed by atoms with Gasteiger partial charge in [-0.1, -0.05) is 19.8 Å². The molecule has 0 spiro atoms. The fraction of sp³-hybridized carbons (Fsp3) is 1.00. The lowest BCUT2D eigenvalue weighted by Crippen LogP contribution is -2.45. The summed E-state index contributed by atoms with van der Waals surface area (Å²) in [4.78, 5) is 0. The topological polar surface area (TPSA) is 53.7 Å². The Bertz CT molecular complexity index is 131. The molecule has 0 amide bonds. The molecular weight excluding hydrogens is 198 g/mol. The van der Waals surface area contributed by atoms with E-state index in [0.29, 0.717) is 19.2 Å². The third kappa shape index (κ3) is 5.07. The van der Waals surface area contributed by atoms with Gasteiger partial charge in [0.05, 0.1) is 0 Å². The van der Waals surface area contributed by atoms with Gasteiger partial charge in [0.1, 0.15) is 0 Å². The molecule has 0 saturated carbocycles. The van der Waals surface area contributed by atoms with E-state index in [9.17, 15) is 0 Å². The molecule has 0 aromatic rings. The predicted molar refractivity (Wildman–Crippen MR) is 59.1 cm³/mol. The number of nitrogens with two attached hydrogens (primary N) is 1. The van der Waals surface area contributed by atoms with Crippen LogP contribution in [0, 0.1) is 0 Å². The minimum atomic E-state index is -2.42. The highest BCUT2D eigenvalue weighted by Crippen LogP contribution is 2.13. The molecule has 2 N–H and O–H groups in total. The third-order valence-electron chi connectivity index (χ3n) is 2.14. The summed E-state index contributed by atoms with van der Waals surface area (Å²) >= 11 is 0. The number of hydrogen-bond acceptors (Lipinski definition) is 4. The predicted octanol–water partition coefficient (Wildman–Crippen LogP) is 1.38. The Labute approximate surface area is 88.1 Å². The van der Waals surface area contributed by atoms with E-state index in [1.54, 1.807) is 14.2 Å². The molecule has 0 aromatic carbocycles. The zero-order valence-corrected chi connectivity index (χ0v) is 10.5. The first-order valence-corrected chi connectivity index (χ1v) is 7.12. The third-order valence-corrected chi connectivity index (χ3v) is 4.93.